The number of para-hydroxylation sites is 2. The Morgan fingerprint density at radius 1 is 0.708 bits per heavy atom. The maximum absolute atomic E-state index is 13.2. The van der Waals surface area contributed by atoms with Crippen LogP contribution >= 0.6 is 0 Å². The number of benzene rings is 2. The molecule has 0 saturated carbocycles. The van der Waals surface area contributed by atoms with E-state index in [2.05, 4.69) is 30.8 Å². The molecule has 2 aromatic heterocycles. The molecule has 248 valence electrons. The summed E-state index contributed by atoms with van der Waals surface area (Å²) in [5, 5.41) is 18.6. The fourth-order valence-electron chi connectivity index (χ4n) is 5.30. The van der Waals surface area contributed by atoms with Crippen molar-refractivity contribution < 1.29 is 19.3 Å². The van der Waals surface area contributed by atoms with Gasteiger partial charge in [0.2, 0.25) is 0 Å². The minimum absolute atomic E-state index is 0.184. The fraction of sp³-hybridized carbons (Fsp3) is 0.294. The van der Waals surface area contributed by atoms with Crippen LogP contribution in [0.15, 0.2) is 95.2 Å². The minimum atomic E-state index is -0.765. The van der Waals surface area contributed by atoms with Gasteiger partial charge in [-0.15, -0.1) is 0 Å². The van der Waals surface area contributed by atoms with Crippen LogP contribution in [0.4, 0.5) is 11.4 Å². The standard InChI is InChI=1S/C34H38N10O4/c1-3-41-21-15-27(39-41)25-9-5-7-11-29(25)43(23-31-35-17-18-36-31)47-33(45)13-14-34(46)48-44(24-32-37-19-20-38-32)30-12-8-6-10-26(30)28-16-22-42(4-2)40-28/h5-16,21-22H,3-4,17-20,23-24H2,1-2H3,(H,35,36)(H,37,38)/b14-13+. The van der Waals surface area contributed by atoms with Crippen molar-refractivity contribution >= 4 is 35.0 Å². The van der Waals surface area contributed by atoms with Crippen LogP contribution in [0.5, 0.6) is 0 Å². The highest BCUT2D eigenvalue weighted by Gasteiger charge is 2.23. The Kier molecular flexibility index (Phi) is 10.1. The monoisotopic (exact) mass is 650 g/mol. The molecule has 0 unspecified atom stereocenters. The first-order valence-electron chi connectivity index (χ1n) is 16.0. The number of aliphatic imine (C=N–C) groups is 2. The van der Waals surface area contributed by atoms with Crippen molar-refractivity contribution in [1.29, 1.82) is 0 Å². The smallest absolute Gasteiger partial charge is 0.356 e. The van der Waals surface area contributed by atoms with Crippen molar-refractivity contribution in [2.75, 3.05) is 49.4 Å². The summed E-state index contributed by atoms with van der Waals surface area (Å²) in [4.78, 5) is 47.0. The Balaban J connectivity index is 1.21. The number of anilines is 2. The van der Waals surface area contributed by atoms with Gasteiger partial charge in [-0.25, -0.2) is 9.59 Å². The molecule has 2 aliphatic rings. The van der Waals surface area contributed by atoms with Gasteiger partial charge in [0, 0.05) is 61.9 Å². The SMILES string of the molecule is CCn1ccc(-c2ccccc2N(CC2=NCCN2)OC(=O)/C=C/C(=O)ON(CC2=NCCN2)c2ccccc2-c2ccn(CC)n2)n1. The van der Waals surface area contributed by atoms with Gasteiger partial charge in [-0.3, -0.25) is 19.3 Å². The number of nitrogens with zero attached hydrogens (tertiary/aromatic N) is 8. The summed E-state index contributed by atoms with van der Waals surface area (Å²) >= 11 is 0. The Bertz CT molecular complexity index is 1710. The normalized spacial score (nSPS) is 13.9. The molecule has 0 radical (unpaired) electrons. The van der Waals surface area contributed by atoms with Crippen LogP contribution in [0.25, 0.3) is 22.5 Å². The topological polar surface area (TPSA) is 144 Å². The van der Waals surface area contributed by atoms with E-state index in [1.807, 2.05) is 96.3 Å². The highest BCUT2D eigenvalue weighted by molar-refractivity contribution is 5.95. The second-order valence-electron chi connectivity index (χ2n) is 10.9. The third-order valence-electron chi connectivity index (χ3n) is 7.66. The predicted molar refractivity (Wildman–Crippen MR) is 183 cm³/mol. The second-order valence-corrected chi connectivity index (χ2v) is 10.9. The molecule has 0 atom stereocenters. The van der Waals surface area contributed by atoms with Gasteiger partial charge < -0.3 is 20.3 Å². The van der Waals surface area contributed by atoms with Crippen molar-refractivity contribution in [3.05, 3.63) is 85.2 Å². The molecule has 14 nitrogen and oxygen atoms in total. The summed E-state index contributed by atoms with van der Waals surface area (Å²) < 4.78 is 3.66. The maximum Gasteiger partial charge on any atom is 0.356 e. The predicted octanol–water partition coefficient (Wildman–Crippen LogP) is 3.24. The van der Waals surface area contributed by atoms with E-state index < -0.39 is 11.9 Å². The lowest BCUT2D eigenvalue weighted by Crippen LogP contribution is -2.37. The molecule has 0 fully saturated rings. The highest BCUT2D eigenvalue weighted by atomic mass is 16.7. The summed E-state index contributed by atoms with van der Waals surface area (Å²) in [6, 6.07) is 18.9. The van der Waals surface area contributed by atoms with Gasteiger partial charge in [0.1, 0.15) is 24.8 Å². The van der Waals surface area contributed by atoms with Crippen molar-refractivity contribution in [2.45, 2.75) is 26.9 Å². The number of hydrogen-bond donors (Lipinski definition) is 2. The Hall–Kier alpha value is -5.92. The highest BCUT2D eigenvalue weighted by Crippen LogP contribution is 2.31. The van der Waals surface area contributed by atoms with Crippen molar-refractivity contribution in [1.82, 2.24) is 30.2 Å². The Labute approximate surface area is 278 Å². The molecule has 2 aromatic carbocycles. The lowest BCUT2D eigenvalue weighted by atomic mass is 10.1. The van der Waals surface area contributed by atoms with E-state index in [-0.39, 0.29) is 13.1 Å². The zero-order valence-corrected chi connectivity index (χ0v) is 27.0. The van der Waals surface area contributed by atoms with E-state index >= 15 is 0 Å². The van der Waals surface area contributed by atoms with Crippen LogP contribution in [-0.4, -0.2) is 82.4 Å². The number of carbonyl (C=O) groups excluding carboxylic acids is 2. The maximum atomic E-state index is 13.2. The van der Waals surface area contributed by atoms with E-state index in [1.165, 1.54) is 10.1 Å². The van der Waals surface area contributed by atoms with Gasteiger partial charge in [-0.05, 0) is 38.1 Å². The summed E-state index contributed by atoms with van der Waals surface area (Å²) in [7, 11) is 0. The van der Waals surface area contributed by atoms with Gasteiger partial charge >= 0.3 is 11.9 Å². The molecule has 0 amide bonds. The van der Waals surface area contributed by atoms with Gasteiger partial charge in [0.25, 0.3) is 0 Å². The lowest BCUT2D eigenvalue weighted by molar-refractivity contribution is -0.141. The van der Waals surface area contributed by atoms with E-state index in [1.54, 1.807) is 0 Å². The molecule has 6 rings (SSSR count). The first-order chi connectivity index (χ1) is 23.5. The largest absolute Gasteiger partial charge is 0.370 e. The Morgan fingerprint density at radius 3 is 1.52 bits per heavy atom. The van der Waals surface area contributed by atoms with E-state index in [9.17, 15) is 9.59 Å². The van der Waals surface area contributed by atoms with Crippen molar-refractivity contribution in [2.24, 2.45) is 9.98 Å². The van der Waals surface area contributed by atoms with Gasteiger partial charge in [0.05, 0.1) is 35.9 Å². The van der Waals surface area contributed by atoms with Gasteiger partial charge in [-0.2, -0.15) is 20.3 Å². The fourth-order valence-corrected chi connectivity index (χ4v) is 5.30. The molecule has 0 aliphatic carbocycles. The number of aryl methyl sites for hydroxylation is 2. The zero-order chi connectivity index (χ0) is 33.3. The van der Waals surface area contributed by atoms with E-state index in [0.29, 0.717) is 49.2 Å². The molecule has 0 spiro atoms. The molecule has 48 heavy (non-hydrogen) atoms. The lowest BCUT2D eigenvalue weighted by Gasteiger charge is -2.25. The first-order valence-corrected chi connectivity index (χ1v) is 16.0. The molecule has 4 aromatic rings. The summed E-state index contributed by atoms with van der Waals surface area (Å²) in [6.07, 6.45) is 5.89. The second kappa shape index (κ2) is 15.1. The molecular formula is C34H38N10O4. The van der Waals surface area contributed by atoms with E-state index in [4.69, 9.17) is 9.68 Å². The molecular weight excluding hydrogens is 612 g/mol. The summed E-state index contributed by atoms with van der Waals surface area (Å²) in [5.74, 6) is -0.167. The number of hydrogen-bond acceptors (Lipinski definition) is 12. The Morgan fingerprint density at radius 2 is 1.15 bits per heavy atom. The molecule has 0 saturated heterocycles. The third kappa shape index (κ3) is 7.71. The van der Waals surface area contributed by atoms with Crippen LogP contribution in [-0.2, 0) is 32.4 Å². The number of aromatic nitrogens is 4. The van der Waals surface area contributed by atoms with Crippen molar-refractivity contribution in [3.63, 3.8) is 0 Å². The summed E-state index contributed by atoms with van der Waals surface area (Å²) in [6.45, 7) is 8.50. The number of hydroxylamine groups is 2. The number of amidine groups is 2. The van der Waals surface area contributed by atoms with Crippen LogP contribution < -0.4 is 20.8 Å². The van der Waals surface area contributed by atoms with Crippen LogP contribution in [0.1, 0.15) is 13.8 Å². The average Bonchev–Trinajstić information content (AvgIpc) is 3.95. The van der Waals surface area contributed by atoms with Crippen molar-refractivity contribution in [3.8, 4) is 22.5 Å². The first kappa shape index (κ1) is 32.0. The number of nitrogens with one attached hydrogen (secondary N) is 2. The number of carbonyl (C=O) groups is 2. The average molecular weight is 651 g/mol. The third-order valence-corrected chi connectivity index (χ3v) is 7.66. The van der Waals surface area contributed by atoms with Crippen LogP contribution in [0.2, 0.25) is 0 Å². The molecule has 2 N–H and O–H groups in total. The number of rotatable bonds is 14. The van der Waals surface area contributed by atoms with Gasteiger partial charge in [0.15, 0.2) is 0 Å². The molecule has 2 aliphatic heterocycles. The summed E-state index contributed by atoms with van der Waals surface area (Å²) in [5.41, 5.74) is 4.27. The molecule has 4 heterocycles. The minimum Gasteiger partial charge on any atom is -0.370 e. The zero-order valence-electron chi connectivity index (χ0n) is 27.0. The molecule has 0 bridgehead atoms. The van der Waals surface area contributed by atoms with Crippen LogP contribution in [0.3, 0.4) is 0 Å². The quantitative estimate of drug-likeness (QED) is 0.154. The van der Waals surface area contributed by atoms with Gasteiger partial charge in [-0.1, -0.05) is 36.4 Å². The molecule has 14 heteroatoms. The van der Waals surface area contributed by atoms with Crippen LogP contribution in [0, 0.1) is 0 Å². The van der Waals surface area contributed by atoms with E-state index in [0.717, 1.165) is 47.8 Å².